The quantitative estimate of drug-likeness (QED) is 0.577. The summed E-state index contributed by atoms with van der Waals surface area (Å²) < 4.78 is 12.5. The van der Waals surface area contributed by atoms with Crippen LogP contribution in [0.25, 0.3) is 0 Å². The second-order valence-electron chi connectivity index (χ2n) is 1.69. The maximum absolute atomic E-state index is 12.5. The minimum Gasteiger partial charge on any atom is -0.326 e. The van der Waals surface area contributed by atoms with E-state index >= 15 is 0 Å². The second kappa shape index (κ2) is 4.27. The first-order valence-corrected chi connectivity index (χ1v) is 2.96. The van der Waals surface area contributed by atoms with Crippen LogP contribution in [0.5, 0.6) is 0 Å². The summed E-state index contributed by atoms with van der Waals surface area (Å²) in [5.41, 5.74) is 5.70. The van der Waals surface area contributed by atoms with Gasteiger partial charge in [-0.1, -0.05) is 19.6 Å². The van der Waals surface area contributed by atoms with E-state index in [9.17, 15) is 4.39 Å². The van der Waals surface area contributed by atoms with Crippen LogP contribution in [0.4, 0.5) is 4.39 Å². The van der Waals surface area contributed by atoms with Crippen LogP contribution in [0.3, 0.4) is 0 Å². The van der Waals surface area contributed by atoms with Gasteiger partial charge in [0.2, 0.25) is 0 Å². The normalized spacial score (nSPS) is 12.8. The van der Waals surface area contributed by atoms with Crippen molar-refractivity contribution in [2.75, 3.05) is 6.54 Å². The Morgan fingerprint density at radius 1 is 1.78 bits per heavy atom. The summed E-state index contributed by atoms with van der Waals surface area (Å²) in [5, 5.41) is 0. The zero-order chi connectivity index (χ0) is 7.28. The molecule has 0 radical (unpaired) electrons. The van der Waals surface area contributed by atoms with E-state index in [-0.39, 0.29) is 12.4 Å². The van der Waals surface area contributed by atoms with Crippen molar-refractivity contribution in [3.8, 4) is 0 Å². The summed E-state index contributed by atoms with van der Waals surface area (Å²) in [6.45, 7) is 5.41. The van der Waals surface area contributed by atoms with Gasteiger partial charge in [0, 0.05) is 6.54 Å². The number of hydrogen-bond donors (Lipinski definition) is 1. The Balaban J connectivity index is 4.18. The molecule has 0 bridgehead atoms. The molecular weight excluding hydrogens is 117 g/mol. The highest BCUT2D eigenvalue weighted by molar-refractivity contribution is 5.20. The van der Waals surface area contributed by atoms with Crippen LogP contribution in [0.2, 0.25) is 0 Å². The third-order valence-corrected chi connectivity index (χ3v) is 1.13. The van der Waals surface area contributed by atoms with Crippen molar-refractivity contribution in [3.63, 3.8) is 0 Å². The first-order chi connectivity index (χ1) is 4.26. The highest BCUT2D eigenvalue weighted by atomic mass is 19.1. The highest BCUT2D eigenvalue weighted by Gasteiger charge is 1.95. The summed E-state index contributed by atoms with van der Waals surface area (Å²) >= 11 is 0. The van der Waals surface area contributed by atoms with E-state index in [2.05, 4.69) is 6.58 Å². The van der Waals surface area contributed by atoms with E-state index in [0.29, 0.717) is 12.0 Å². The third-order valence-electron chi connectivity index (χ3n) is 1.13. The Bertz CT molecular complexity index is 127. The Hall–Kier alpha value is -0.630. The average Bonchev–Trinajstić information content (AvgIpc) is 1.90. The Labute approximate surface area is 55.1 Å². The lowest BCUT2D eigenvalue weighted by molar-refractivity contribution is 0.593. The molecule has 0 saturated heterocycles. The van der Waals surface area contributed by atoms with E-state index in [4.69, 9.17) is 5.73 Å². The van der Waals surface area contributed by atoms with Gasteiger partial charge in [0.15, 0.2) is 0 Å². The molecule has 0 aliphatic rings. The molecule has 0 aromatic carbocycles. The molecule has 2 heteroatoms. The number of halogens is 1. The molecule has 1 nitrogen and oxygen atoms in total. The lowest BCUT2D eigenvalue weighted by Crippen LogP contribution is -2.02. The summed E-state index contributed by atoms with van der Waals surface area (Å²) in [5.74, 6) is -0.160. The smallest absolute Gasteiger partial charge is 0.104 e. The lowest BCUT2D eigenvalue weighted by Gasteiger charge is -1.96. The second-order valence-corrected chi connectivity index (χ2v) is 1.69. The number of nitrogens with two attached hydrogens (primary N) is 1. The minimum absolute atomic E-state index is 0.160. The van der Waals surface area contributed by atoms with Crippen molar-refractivity contribution < 1.29 is 4.39 Å². The van der Waals surface area contributed by atoms with Crippen LogP contribution < -0.4 is 5.73 Å². The third kappa shape index (κ3) is 2.42. The van der Waals surface area contributed by atoms with Crippen LogP contribution in [-0.2, 0) is 0 Å². The number of hydrogen-bond acceptors (Lipinski definition) is 1. The molecule has 0 aliphatic heterocycles. The highest BCUT2D eigenvalue weighted by Crippen LogP contribution is 2.08. The van der Waals surface area contributed by atoms with Gasteiger partial charge < -0.3 is 5.73 Å². The first kappa shape index (κ1) is 8.37. The van der Waals surface area contributed by atoms with Gasteiger partial charge in [-0.15, -0.1) is 0 Å². The van der Waals surface area contributed by atoms with Crippen LogP contribution >= 0.6 is 0 Å². The van der Waals surface area contributed by atoms with Crippen LogP contribution in [0.15, 0.2) is 24.1 Å². The Morgan fingerprint density at radius 2 is 2.33 bits per heavy atom. The molecular formula is C7H12FN. The van der Waals surface area contributed by atoms with Crippen molar-refractivity contribution >= 4 is 0 Å². The van der Waals surface area contributed by atoms with Crippen LogP contribution in [0.1, 0.15) is 13.3 Å². The molecule has 0 unspecified atom stereocenters. The Kier molecular flexibility index (Phi) is 3.97. The summed E-state index contributed by atoms with van der Waals surface area (Å²) in [6.07, 6.45) is 1.86. The molecule has 0 aliphatic carbocycles. The predicted molar refractivity (Wildman–Crippen MR) is 37.7 cm³/mol. The SMILES string of the molecule is C=C/C(CN)=C(/F)CC. The molecule has 0 aromatic heterocycles. The molecule has 0 heterocycles. The summed E-state index contributed by atoms with van der Waals surface area (Å²) in [7, 11) is 0. The molecule has 0 amide bonds. The van der Waals surface area contributed by atoms with Gasteiger partial charge in [-0.2, -0.15) is 0 Å². The van der Waals surface area contributed by atoms with E-state index in [1.54, 1.807) is 6.92 Å². The van der Waals surface area contributed by atoms with E-state index < -0.39 is 0 Å². The minimum atomic E-state index is -0.160. The molecule has 9 heavy (non-hydrogen) atoms. The van der Waals surface area contributed by atoms with Crippen LogP contribution in [-0.4, -0.2) is 6.54 Å². The van der Waals surface area contributed by atoms with Crippen molar-refractivity contribution in [2.24, 2.45) is 5.73 Å². The van der Waals surface area contributed by atoms with Crippen molar-refractivity contribution in [1.82, 2.24) is 0 Å². The molecule has 0 spiro atoms. The number of allylic oxidation sites excluding steroid dienone is 1. The fraction of sp³-hybridized carbons (Fsp3) is 0.429. The molecule has 0 saturated carbocycles. The molecule has 0 rings (SSSR count). The zero-order valence-corrected chi connectivity index (χ0v) is 5.65. The number of rotatable bonds is 3. The monoisotopic (exact) mass is 129 g/mol. The standard InChI is InChI=1S/C7H12FN/c1-3-6(5-9)7(8)4-2/h3H,1,4-5,9H2,2H3/b7-6-. The van der Waals surface area contributed by atoms with Gasteiger partial charge >= 0.3 is 0 Å². The van der Waals surface area contributed by atoms with E-state index in [0.717, 1.165) is 0 Å². The molecule has 0 atom stereocenters. The summed E-state index contributed by atoms with van der Waals surface area (Å²) in [4.78, 5) is 0. The van der Waals surface area contributed by atoms with Gasteiger partial charge in [0.1, 0.15) is 5.83 Å². The maximum Gasteiger partial charge on any atom is 0.104 e. The molecule has 0 fully saturated rings. The van der Waals surface area contributed by atoms with E-state index in [1.807, 2.05) is 0 Å². The Morgan fingerprint density at radius 3 is 2.44 bits per heavy atom. The van der Waals surface area contributed by atoms with Crippen molar-refractivity contribution in [3.05, 3.63) is 24.1 Å². The average molecular weight is 129 g/mol. The van der Waals surface area contributed by atoms with Crippen molar-refractivity contribution in [1.29, 1.82) is 0 Å². The van der Waals surface area contributed by atoms with Gasteiger partial charge in [-0.3, -0.25) is 0 Å². The topological polar surface area (TPSA) is 26.0 Å². The molecule has 52 valence electrons. The fourth-order valence-corrected chi connectivity index (χ4v) is 0.532. The molecule has 2 N–H and O–H groups in total. The summed E-state index contributed by atoms with van der Waals surface area (Å²) in [6, 6.07) is 0. The lowest BCUT2D eigenvalue weighted by atomic mass is 10.2. The van der Waals surface area contributed by atoms with Gasteiger partial charge in [0.25, 0.3) is 0 Å². The van der Waals surface area contributed by atoms with E-state index in [1.165, 1.54) is 6.08 Å². The van der Waals surface area contributed by atoms with Gasteiger partial charge in [0.05, 0.1) is 0 Å². The largest absolute Gasteiger partial charge is 0.326 e. The van der Waals surface area contributed by atoms with Gasteiger partial charge in [-0.25, -0.2) is 4.39 Å². The van der Waals surface area contributed by atoms with Gasteiger partial charge in [-0.05, 0) is 12.0 Å². The van der Waals surface area contributed by atoms with Crippen LogP contribution in [0, 0.1) is 0 Å². The zero-order valence-electron chi connectivity index (χ0n) is 5.65. The molecule has 0 aromatic rings. The fourth-order valence-electron chi connectivity index (χ4n) is 0.532. The predicted octanol–water partition coefficient (Wildman–Crippen LogP) is 1.76. The first-order valence-electron chi connectivity index (χ1n) is 2.96. The maximum atomic E-state index is 12.5. The van der Waals surface area contributed by atoms with Crippen molar-refractivity contribution in [2.45, 2.75) is 13.3 Å².